The number of furan rings is 1. The number of rotatable bonds is 4. The zero-order valence-electron chi connectivity index (χ0n) is 12.9. The number of nitriles is 1. The van der Waals surface area contributed by atoms with Crippen molar-refractivity contribution in [2.24, 2.45) is 5.73 Å². The molecule has 0 aliphatic rings. The first kappa shape index (κ1) is 15.7. The summed E-state index contributed by atoms with van der Waals surface area (Å²) in [7, 11) is 1.78. The number of halogens is 1. The van der Waals surface area contributed by atoms with Gasteiger partial charge in [0.1, 0.15) is 17.2 Å². The number of fused-ring (bicyclic) bond motifs is 1. The number of nitrogens with one attached hydrogen (secondary N) is 1. The molecule has 3 N–H and O–H groups in total. The minimum absolute atomic E-state index is 0.0995. The molecule has 0 radical (unpaired) electrons. The Bertz CT molecular complexity index is 986. The number of hydrogen-bond donors (Lipinski definition) is 2. The summed E-state index contributed by atoms with van der Waals surface area (Å²) >= 11 is 0. The minimum atomic E-state index is -0.706. The second-order valence-electron chi connectivity index (χ2n) is 5.37. The van der Waals surface area contributed by atoms with Crippen LogP contribution in [-0.2, 0) is 6.54 Å². The Morgan fingerprint density at radius 3 is 2.75 bits per heavy atom. The molecule has 0 saturated heterocycles. The van der Waals surface area contributed by atoms with E-state index in [1.165, 1.54) is 12.1 Å². The third kappa shape index (κ3) is 2.73. The quantitative estimate of drug-likeness (QED) is 0.772. The van der Waals surface area contributed by atoms with E-state index in [0.29, 0.717) is 11.9 Å². The molecule has 6 heteroatoms. The summed E-state index contributed by atoms with van der Waals surface area (Å²) in [6.07, 6.45) is 0. The molecule has 1 heterocycles. The summed E-state index contributed by atoms with van der Waals surface area (Å²) in [5.74, 6) is -0.859. The number of hydrogen-bond acceptors (Lipinski definition) is 4. The Hall–Kier alpha value is -3.17. The van der Waals surface area contributed by atoms with E-state index in [-0.39, 0.29) is 28.0 Å². The molecule has 0 aliphatic heterocycles. The van der Waals surface area contributed by atoms with Crippen LogP contribution in [0.2, 0.25) is 0 Å². The van der Waals surface area contributed by atoms with Crippen molar-refractivity contribution in [2.75, 3.05) is 7.05 Å². The zero-order valence-corrected chi connectivity index (χ0v) is 12.9. The highest BCUT2D eigenvalue weighted by Crippen LogP contribution is 2.32. The Morgan fingerprint density at radius 2 is 2.12 bits per heavy atom. The largest absolute Gasteiger partial charge is 0.455 e. The number of benzene rings is 2. The lowest BCUT2D eigenvalue weighted by molar-refractivity contribution is 0.100. The van der Waals surface area contributed by atoms with Gasteiger partial charge in [-0.25, -0.2) is 4.39 Å². The van der Waals surface area contributed by atoms with E-state index in [0.717, 1.165) is 5.56 Å². The van der Waals surface area contributed by atoms with E-state index in [9.17, 15) is 9.18 Å². The van der Waals surface area contributed by atoms with Crippen LogP contribution in [0.25, 0.3) is 22.3 Å². The fraction of sp³-hybridized carbons (Fsp3) is 0.111. The van der Waals surface area contributed by atoms with Crippen molar-refractivity contribution in [2.45, 2.75) is 6.54 Å². The molecular weight excluding hydrogens is 309 g/mol. The summed E-state index contributed by atoms with van der Waals surface area (Å²) in [4.78, 5) is 11.6. The number of amides is 1. The Labute approximate surface area is 137 Å². The lowest BCUT2D eigenvalue weighted by Gasteiger charge is -2.03. The molecule has 0 aliphatic carbocycles. The number of carbonyl (C=O) groups excluding carboxylic acids is 1. The van der Waals surface area contributed by atoms with E-state index in [4.69, 9.17) is 15.4 Å². The van der Waals surface area contributed by atoms with Gasteiger partial charge in [-0.1, -0.05) is 6.07 Å². The molecule has 0 saturated carbocycles. The first-order chi connectivity index (χ1) is 11.5. The summed E-state index contributed by atoms with van der Waals surface area (Å²) < 4.78 is 20.0. The summed E-state index contributed by atoms with van der Waals surface area (Å²) in [6, 6.07) is 11.3. The average molecular weight is 323 g/mol. The van der Waals surface area contributed by atoms with Gasteiger partial charge in [0.2, 0.25) is 0 Å². The van der Waals surface area contributed by atoms with Crippen LogP contribution in [0.15, 0.2) is 40.8 Å². The fourth-order valence-electron chi connectivity index (χ4n) is 2.61. The normalized spacial score (nSPS) is 10.7. The summed E-state index contributed by atoms with van der Waals surface area (Å²) in [6.45, 7) is 0.550. The average Bonchev–Trinajstić information content (AvgIpc) is 2.97. The van der Waals surface area contributed by atoms with E-state index in [1.54, 1.807) is 31.3 Å². The number of nitrogens with zero attached hydrogens (tertiary/aromatic N) is 1. The smallest absolute Gasteiger partial charge is 0.252 e. The molecule has 3 rings (SSSR count). The van der Waals surface area contributed by atoms with Crippen molar-refractivity contribution < 1.29 is 13.6 Å². The molecule has 24 heavy (non-hydrogen) atoms. The highest BCUT2D eigenvalue weighted by Gasteiger charge is 2.17. The van der Waals surface area contributed by atoms with Crippen molar-refractivity contribution in [1.82, 2.24) is 5.32 Å². The molecular formula is C18H14FN3O2. The number of nitrogens with two attached hydrogens (primary N) is 1. The fourth-order valence-corrected chi connectivity index (χ4v) is 2.61. The van der Waals surface area contributed by atoms with Crippen LogP contribution in [0.1, 0.15) is 21.5 Å². The molecule has 0 fully saturated rings. The van der Waals surface area contributed by atoms with Crippen LogP contribution >= 0.6 is 0 Å². The van der Waals surface area contributed by atoms with Crippen molar-refractivity contribution >= 4 is 16.9 Å². The molecule has 0 spiro atoms. The maximum atomic E-state index is 14.4. The van der Waals surface area contributed by atoms with Crippen LogP contribution in [0.4, 0.5) is 4.39 Å². The molecule has 5 nitrogen and oxygen atoms in total. The monoisotopic (exact) mass is 323 g/mol. The van der Waals surface area contributed by atoms with Crippen LogP contribution in [0, 0.1) is 17.1 Å². The molecule has 0 bridgehead atoms. The predicted molar refractivity (Wildman–Crippen MR) is 87.6 cm³/mol. The van der Waals surface area contributed by atoms with Crippen molar-refractivity contribution in [3.8, 4) is 17.4 Å². The standard InChI is InChI=1S/C18H14FN3O2/c1-22-9-10-2-3-13(15(19)6-10)16-7-12-4-11(8-20)5-14(18(21)23)17(12)24-16/h2-7,22H,9H2,1H3,(H2,21,23). The lowest BCUT2D eigenvalue weighted by Crippen LogP contribution is -2.11. The topological polar surface area (TPSA) is 92.0 Å². The van der Waals surface area contributed by atoms with Gasteiger partial charge >= 0.3 is 0 Å². The van der Waals surface area contributed by atoms with E-state index in [1.807, 2.05) is 6.07 Å². The summed E-state index contributed by atoms with van der Waals surface area (Å²) in [5, 5.41) is 12.5. The van der Waals surface area contributed by atoms with Crippen LogP contribution in [-0.4, -0.2) is 13.0 Å². The highest BCUT2D eigenvalue weighted by molar-refractivity contribution is 6.05. The Morgan fingerprint density at radius 1 is 1.33 bits per heavy atom. The van der Waals surface area contributed by atoms with Gasteiger partial charge in [-0.3, -0.25) is 4.79 Å². The van der Waals surface area contributed by atoms with E-state index >= 15 is 0 Å². The van der Waals surface area contributed by atoms with Crippen molar-refractivity contribution in [3.05, 3.63) is 58.9 Å². The second-order valence-corrected chi connectivity index (χ2v) is 5.37. The second kappa shape index (κ2) is 6.14. The van der Waals surface area contributed by atoms with Crippen molar-refractivity contribution in [1.29, 1.82) is 5.26 Å². The lowest BCUT2D eigenvalue weighted by atomic mass is 10.1. The van der Waals surface area contributed by atoms with Crippen LogP contribution < -0.4 is 11.1 Å². The SMILES string of the molecule is CNCc1ccc(-c2cc3cc(C#N)cc(C(N)=O)c3o2)c(F)c1. The van der Waals surface area contributed by atoms with Crippen LogP contribution in [0.5, 0.6) is 0 Å². The number of primary amides is 1. The van der Waals surface area contributed by atoms with Gasteiger partial charge in [0.15, 0.2) is 0 Å². The zero-order chi connectivity index (χ0) is 17.3. The Kier molecular flexibility index (Phi) is 4.02. The first-order valence-electron chi connectivity index (χ1n) is 7.24. The van der Waals surface area contributed by atoms with Gasteiger partial charge in [0.25, 0.3) is 5.91 Å². The van der Waals surface area contributed by atoms with E-state index in [2.05, 4.69) is 5.32 Å². The maximum absolute atomic E-state index is 14.4. The molecule has 2 aromatic carbocycles. The molecule has 0 atom stereocenters. The van der Waals surface area contributed by atoms with Gasteiger partial charge in [0, 0.05) is 11.9 Å². The molecule has 0 unspecified atom stereocenters. The van der Waals surface area contributed by atoms with Gasteiger partial charge in [0.05, 0.1) is 22.8 Å². The van der Waals surface area contributed by atoms with E-state index < -0.39 is 11.7 Å². The van der Waals surface area contributed by atoms with Crippen LogP contribution in [0.3, 0.4) is 0 Å². The summed E-state index contributed by atoms with van der Waals surface area (Å²) in [5.41, 5.74) is 7.06. The third-order valence-electron chi connectivity index (χ3n) is 3.69. The molecule has 1 aromatic heterocycles. The molecule has 120 valence electrons. The van der Waals surface area contributed by atoms with Gasteiger partial charge in [-0.2, -0.15) is 5.26 Å². The maximum Gasteiger partial charge on any atom is 0.252 e. The van der Waals surface area contributed by atoms with Gasteiger partial charge in [-0.05, 0) is 42.9 Å². The van der Waals surface area contributed by atoms with Gasteiger partial charge in [-0.15, -0.1) is 0 Å². The Balaban J connectivity index is 2.16. The predicted octanol–water partition coefficient (Wildman–Crippen LogP) is 2.93. The van der Waals surface area contributed by atoms with Crippen molar-refractivity contribution in [3.63, 3.8) is 0 Å². The van der Waals surface area contributed by atoms with Gasteiger partial charge < -0.3 is 15.5 Å². The number of carbonyl (C=O) groups is 1. The molecule has 1 amide bonds. The first-order valence-corrected chi connectivity index (χ1v) is 7.24. The minimum Gasteiger partial charge on any atom is -0.455 e. The highest BCUT2D eigenvalue weighted by atomic mass is 19.1. The molecule has 3 aromatic rings. The third-order valence-corrected chi connectivity index (χ3v) is 3.69.